The highest BCUT2D eigenvalue weighted by molar-refractivity contribution is 6.30. The fourth-order valence-corrected chi connectivity index (χ4v) is 3.45. The van der Waals surface area contributed by atoms with Crippen LogP contribution in [-0.4, -0.2) is 12.5 Å². The lowest BCUT2D eigenvalue weighted by Crippen LogP contribution is -2.35. The molecule has 2 aromatic rings. The Balaban J connectivity index is 1.61. The average Bonchev–Trinajstić information content (AvgIpc) is 3.14. The van der Waals surface area contributed by atoms with E-state index >= 15 is 0 Å². The Kier molecular flexibility index (Phi) is 5.76. The van der Waals surface area contributed by atoms with Gasteiger partial charge in [-0.2, -0.15) is 0 Å². The van der Waals surface area contributed by atoms with Crippen LogP contribution in [0.4, 0.5) is 0 Å². The third kappa shape index (κ3) is 4.51. The Labute approximate surface area is 148 Å². The van der Waals surface area contributed by atoms with E-state index in [9.17, 15) is 4.79 Å². The molecule has 0 aromatic heterocycles. The van der Waals surface area contributed by atoms with E-state index in [1.54, 1.807) is 24.3 Å². The fourth-order valence-electron chi connectivity index (χ4n) is 3.32. The first-order valence-electron chi connectivity index (χ1n) is 8.45. The van der Waals surface area contributed by atoms with Crippen molar-refractivity contribution in [3.05, 3.63) is 65.2 Å². The predicted molar refractivity (Wildman–Crippen MR) is 96.2 cm³/mol. The van der Waals surface area contributed by atoms with Crippen molar-refractivity contribution in [1.82, 2.24) is 5.32 Å². The zero-order chi connectivity index (χ0) is 16.8. The molecule has 2 aromatic carbocycles. The topological polar surface area (TPSA) is 38.3 Å². The van der Waals surface area contributed by atoms with Crippen LogP contribution < -0.4 is 10.1 Å². The Hall–Kier alpha value is -2.00. The molecular weight excluding hydrogens is 322 g/mol. The van der Waals surface area contributed by atoms with E-state index in [0.717, 1.165) is 12.8 Å². The zero-order valence-corrected chi connectivity index (χ0v) is 14.3. The van der Waals surface area contributed by atoms with Gasteiger partial charge in [0.05, 0.1) is 6.04 Å². The summed E-state index contributed by atoms with van der Waals surface area (Å²) in [5.41, 5.74) is 1.17. The quantitative estimate of drug-likeness (QED) is 0.820. The summed E-state index contributed by atoms with van der Waals surface area (Å²) in [5.74, 6) is 1.06. The predicted octanol–water partition coefficient (Wildman–Crippen LogP) is 4.77. The van der Waals surface area contributed by atoms with Crippen molar-refractivity contribution in [2.45, 2.75) is 31.7 Å². The van der Waals surface area contributed by atoms with E-state index in [1.165, 1.54) is 18.4 Å². The lowest BCUT2D eigenvalue weighted by Gasteiger charge is -2.25. The largest absolute Gasteiger partial charge is 0.484 e. The monoisotopic (exact) mass is 343 g/mol. The number of benzene rings is 2. The Morgan fingerprint density at radius 2 is 1.75 bits per heavy atom. The molecule has 0 heterocycles. The van der Waals surface area contributed by atoms with Gasteiger partial charge in [-0.15, -0.1) is 0 Å². The van der Waals surface area contributed by atoms with E-state index in [-0.39, 0.29) is 18.6 Å². The first-order chi connectivity index (χ1) is 11.7. The molecule has 1 atom stereocenters. The number of rotatable bonds is 6. The highest BCUT2D eigenvalue weighted by Gasteiger charge is 2.27. The molecule has 3 nitrogen and oxygen atoms in total. The molecule has 0 saturated heterocycles. The standard InChI is InChI=1S/C20H22ClNO2/c21-17-10-12-18(13-11-17)24-14-19(23)22-20(16-8-4-5-9-16)15-6-2-1-3-7-15/h1-3,6-7,10-13,16,20H,4-5,8-9,14H2,(H,22,23)/t20-/m0/s1. The van der Waals surface area contributed by atoms with Gasteiger partial charge < -0.3 is 10.1 Å². The van der Waals surface area contributed by atoms with Crippen LogP contribution in [0.15, 0.2) is 54.6 Å². The van der Waals surface area contributed by atoms with Gasteiger partial charge in [0.15, 0.2) is 6.61 Å². The molecule has 0 aliphatic heterocycles. The summed E-state index contributed by atoms with van der Waals surface area (Å²) in [4.78, 5) is 12.4. The summed E-state index contributed by atoms with van der Waals surface area (Å²) in [7, 11) is 0. The minimum Gasteiger partial charge on any atom is -0.484 e. The lowest BCUT2D eigenvalue weighted by molar-refractivity contribution is -0.124. The maximum absolute atomic E-state index is 12.4. The third-order valence-electron chi connectivity index (χ3n) is 4.53. The van der Waals surface area contributed by atoms with Gasteiger partial charge in [0.2, 0.25) is 0 Å². The van der Waals surface area contributed by atoms with E-state index in [0.29, 0.717) is 16.7 Å². The first kappa shape index (κ1) is 16.8. The van der Waals surface area contributed by atoms with E-state index in [4.69, 9.17) is 16.3 Å². The molecule has 1 N–H and O–H groups in total. The van der Waals surface area contributed by atoms with Crippen molar-refractivity contribution < 1.29 is 9.53 Å². The lowest BCUT2D eigenvalue weighted by atomic mass is 9.91. The Bertz CT molecular complexity index is 651. The average molecular weight is 344 g/mol. The fraction of sp³-hybridized carbons (Fsp3) is 0.350. The van der Waals surface area contributed by atoms with Crippen LogP contribution in [0.3, 0.4) is 0 Å². The van der Waals surface area contributed by atoms with Crippen LogP contribution in [0.2, 0.25) is 5.02 Å². The number of carbonyl (C=O) groups is 1. The van der Waals surface area contributed by atoms with Crippen molar-refractivity contribution in [2.24, 2.45) is 5.92 Å². The Morgan fingerprint density at radius 3 is 2.42 bits per heavy atom. The molecular formula is C20H22ClNO2. The molecule has 3 rings (SSSR count). The number of halogens is 1. The van der Waals surface area contributed by atoms with Crippen LogP contribution in [0.25, 0.3) is 0 Å². The highest BCUT2D eigenvalue weighted by atomic mass is 35.5. The van der Waals surface area contributed by atoms with Crippen LogP contribution in [0.1, 0.15) is 37.3 Å². The van der Waals surface area contributed by atoms with Crippen molar-refractivity contribution in [3.63, 3.8) is 0 Å². The third-order valence-corrected chi connectivity index (χ3v) is 4.78. The molecule has 0 bridgehead atoms. The summed E-state index contributed by atoms with van der Waals surface area (Å²) in [5, 5.41) is 3.82. The van der Waals surface area contributed by atoms with Gasteiger partial charge in [-0.05, 0) is 48.6 Å². The van der Waals surface area contributed by atoms with Crippen LogP contribution >= 0.6 is 11.6 Å². The molecule has 1 fully saturated rings. The van der Waals surface area contributed by atoms with Gasteiger partial charge in [0, 0.05) is 5.02 Å². The normalized spacial score (nSPS) is 15.9. The minimum atomic E-state index is -0.0919. The molecule has 1 aliphatic carbocycles. The molecule has 126 valence electrons. The van der Waals surface area contributed by atoms with Gasteiger partial charge in [-0.25, -0.2) is 0 Å². The second kappa shape index (κ2) is 8.20. The van der Waals surface area contributed by atoms with Gasteiger partial charge >= 0.3 is 0 Å². The summed E-state index contributed by atoms with van der Waals surface area (Å²) >= 11 is 5.85. The number of amides is 1. The van der Waals surface area contributed by atoms with Gasteiger partial charge in [-0.1, -0.05) is 54.8 Å². The van der Waals surface area contributed by atoms with Crippen molar-refractivity contribution >= 4 is 17.5 Å². The number of hydrogen-bond acceptors (Lipinski definition) is 2. The molecule has 0 radical (unpaired) electrons. The molecule has 1 amide bonds. The maximum Gasteiger partial charge on any atom is 0.258 e. The molecule has 24 heavy (non-hydrogen) atoms. The smallest absolute Gasteiger partial charge is 0.258 e. The van der Waals surface area contributed by atoms with Crippen LogP contribution in [0.5, 0.6) is 5.75 Å². The summed E-state index contributed by atoms with van der Waals surface area (Å²) < 4.78 is 5.55. The molecule has 1 aliphatic rings. The summed E-state index contributed by atoms with van der Waals surface area (Å²) in [6.07, 6.45) is 4.81. The number of carbonyl (C=O) groups excluding carboxylic acids is 1. The van der Waals surface area contributed by atoms with Crippen LogP contribution in [0, 0.1) is 5.92 Å². The molecule has 4 heteroatoms. The van der Waals surface area contributed by atoms with Crippen molar-refractivity contribution in [1.29, 1.82) is 0 Å². The maximum atomic E-state index is 12.4. The number of hydrogen-bond donors (Lipinski definition) is 1. The van der Waals surface area contributed by atoms with E-state index in [1.807, 2.05) is 18.2 Å². The second-order valence-corrected chi connectivity index (χ2v) is 6.68. The minimum absolute atomic E-state index is 0.0116. The Morgan fingerprint density at radius 1 is 1.08 bits per heavy atom. The van der Waals surface area contributed by atoms with Crippen LogP contribution in [-0.2, 0) is 4.79 Å². The number of ether oxygens (including phenoxy) is 1. The van der Waals surface area contributed by atoms with Crippen molar-refractivity contribution in [3.8, 4) is 5.75 Å². The van der Waals surface area contributed by atoms with Gasteiger partial charge in [0.25, 0.3) is 5.91 Å². The zero-order valence-electron chi connectivity index (χ0n) is 13.6. The molecule has 0 spiro atoms. The van der Waals surface area contributed by atoms with E-state index < -0.39 is 0 Å². The summed E-state index contributed by atoms with van der Waals surface area (Å²) in [6, 6.07) is 17.3. The SMILES string of the molecule is O=C(COc1ccc(Cl)cc1)N[C@@H](c1ccccc1)C1CCCC1. The highest BCUT2D eigenvalue weighted by Crippen LogP contribution is 2.35. The number of nitrogens with one attached hydrogen (secondary N) is 1. The molecule has 0 unspecified atom stereocenters. The van der Waals surface area contributed by atoms with Gasteiger partial charge in [-0.3, -0.25) is 4.79 Å². The van der Waals surface area contributed by atoms with Crippen molar-refractivity contribution in [2.75, 3.05) is 6.61 Å². The summed E-state index contributed by atoms with van der Waals surface area (Å²) in [6.45, 7) is 0.0116. The van der Waals surface area contributed by atoms with E-state index in [2.05, 4.69) is 17.4 Å². The first-order valence-corrected chi connectivity index (χ1v) is 8.83. The van der Waals surface area contributed by atoms with Gasteiger partial charge in [0.1, 0.15) is 5.75 Å². The molecule has 1 saturated carbocycles. The second-order valence-electron chi connectivity index (χ2n) is 6.24.